The maximum atomic E-state index is 12.4. The predicted octanol–water partition coefficient (Wildman–Crippen LogP) is 2.62. The van der Waals surface area contributed by atoms with Gasteiger partial charge in [0.15, 0.2) is 0 Å². The number of hydrogen-bond acceptors (Lipinski definition) is 2. The fourth-order valence-corrected chi connectivity index (χ4v) is 2.52. The SMILES string of the molecule is Nc1ccc(C2(C(=O)NCc3ccccc3)CC2)cc1. The van der Waals surface area contributed by atoms with E-state index in [1.54, 1.807) is 0 Å². The minimum absolute atomic E-state index is 0.117. The summed E-state index contributed by atoms with van der Waals surface area (Å²) in [6.45, 7) is 0.580. The molecule has 20 heavy (non-hydrogen) atoms. The van der Waals surface area contributed by atoms with E-state index in [-0.39, 0.29) is 11.3 Å². The molecule has 0 bridgehead atoms. The van der Waals surface area contributed by atoms with E-state index in [1.165, 1.54) is 0 Å². The molecule has 1 amide bonds. The molecule has 1 aliphatic rings. The molecule has 0 unspecified atom stereocenters. The van der Waals surface area contributed by atoms with Gasteiger partial charge in [-0.25, -0.2) is 0 Å². The van der Waals surface area contributed by atoms with Crippen LogP contribution in [0.15, 0.2) is 54.6 Å². The number of benzene rings is 2. The fourth-order valence-electron chi connectivity index (χ4n) is 2.52. The lowest BCUT2D eigenvalue weighted by molar-refractivity contribution is -0.123. The maximum Gasteiger partial charge on any atom is 0.230 e. The molecule has 1 fully saturated rings. The Hall–Kier alpha value is -2.29. The van der Waals surface area contributed by atoms with Crippen molar-refractivity contribution in [1.29, 1.82) is 0 Å². The third-order valence-corrected chi connectivity index (χ3v) is 3.94. The first kappa shape index (κ1) is 12.7. The number of nitrogens with two attached hydrogens (primary N) is 1. The van der Waals surface area contributed by atoms with E-state index in [0.29, 0.717) is 6.54 Å². The number of rotatable bonds is 4. The van der Waals surface area contributed by atoms with Crippen molar-refractivity contribution in [2.24, 2.45) is 0 Å². The molecule has 0 heterocycles. The van der Waals surface area contributed by atoms with Crippen LogP contribution >= 0.6 is 0 Å². The van der Waals surface area contributed by atoms with Crippen molar-refractivity contribution in [2.75, 3.05) is 5.73 Å². The van der Waals surface area contributed by atoms with Crippen LogP contribution in [0, 0.1) is 0 Å². The summed E-state index contributed by atoms with van der Waals surface area (Å²) in [5.41, 5.74) is 8.29. The molecule has 0 spiro atoms. The molecule has 102 valence electrons. The second kappa shape index (κ2) is 5.00. The normalized spacial score (nSPS) is 15.6. The lowest BCUT2D eigenvalue weighted by Crippen LogP contribution is -2.34. The van der Waals surface area contributed by atoms with E-state index < -0.39 is 0 Å². The summed E-state index contributed by atoms with van der Waals surface area (Å²) in [5.74, 6) is 0.117. The van der Waals surface area contributed by atoms with E-state index >= 15 is 0 Å². The summed E-state index contributed by atoms with van der Waals surface area (Å²) < 4.78 is 0. The zero-order chi connectivity index (χ0) is 14.0. The van der Waals surface area contributed by atoms with Crippen LogP contribution in [0.3, 0.4) is 0 Å². The Kier molecular flexibility index (Phi) is 3.18. The largest absolute Gasteiger partial charge is 0.399 e. The number of carbonyl (C=O) groups excluding carboxylic acids is 1. The second-order valence-corrected chi connectivity index (χ2v) is 5.37. The number of nitrogens with one attached hydrogen (secondary N) is 1. The molecule has 3 heteroatoms. The third-order valence-electron chi connectivity index (χ3n) is 3.94. The van der Waals surface area contributed by atoms with Crippen molar-refractivity contribution in [3.8, 4) is 0 Å². The number of anilines is 1. The highest BCUT2D eigenvalue weighted by Gasteiger charge is 2.50. The van der Waals surface area contributed by atoms with Gasteiger partial charge in [0, 0.05) is 12.2 Å². The van der Waals surface area contributed by atoms with Crippen LogP contribution in [-0.2, 0) is 16.8 Å². The smallest absolute Gasteiger partial charge is 0.230 e. The summed E-state index contributed by atoms with van der Waals surface area (Å²) in [6, 6.07) is 17.6. The molecule has 0 atom stereocenters. The Morgan fingerprint density at radius 2 is 1.70 bits per heavy atom. The Balaban J connectivity index is 1.69. The van der Waals surface area contributed by atoms with E-state index in [0.717, 1.165) is 29.7 Å². The number of hydrogen-bond donors (Lipinski definition) is 2. The first-order valence-electron chi connectivity index (χ1n) is 6.89. The molecule has 0 radical (unpaired) electrons. The van der Waals surface area contributed by atoms with Gasteiger partial charge in [0.1, 0.15) is 0 Å². The number of amides is 1. The van der Waals surface area contributed by atoms with Crippen molar-refractivity contribution in [1.82, 2.24) is 5.32 Å². The zero-order valence-corrected chi connectivity index (χ0v) is 11.3. The first-order chi connectivity index (χ1) is 9.71. The summed E-state index contributed by atoms with van der Waals surface area (Å²) in [5, 5.41) is 3.04. The standard InChI is InChI=1S/C17H18N2O/c18-15-8-6-14(7-9-15)17(10-11-17)16(20)19-12-13-4-2-1-3-5-13/h1-9H,10-12,18H2,(H,19,20). The van der Waals surface area contributed by atoms with Gasteiger partial charge in [-0.1, -0.05) is 42.5 Å². The quantitative estimate of drug-likeness (QED) is 0.836. The summed E-state index contributed by atoms with van der Waals surface area (Å²) in [7, 11) is 0. The summed E-state index contributed by atoms with van der Waals surface area (Å²) in [4.78, 5) is 12.4. The number of nitrogen functional groups attached to an aromatic ring is 1. The Morgan fingerprint density at radius 1 is 1.05 bits per heavy atom. The van der Waals surface area contributed by atoms with Gasteiger partial charge in [-0.3, -0.25) is 4.79 Å². The van der Waals surface area contributed by atoms with Crippen LogP contribution in [0.25, 0.3) is 0 Å². The molecule has 2 aromatic rings. The van der Waals surface area contributed by atoms with Gasteiger partial charge < -0.3 is 11.1 Å². The summed E-state index contributed by atoms with van der Waals surface area (Å²) >= 11 is 0. The van der Waals surface area contributed by atoms with Crippen molar-refractivity contribution >= 4 is 11.6 Å². The van der Waals surface area contributed by atoms with Crippen LogP contribution in [-0.4, -0.2) is 5.91 Å². The van der Waals surface area contributed by atoms with Crippen LogP contribution in [0.5, 0.6) is 0 Å². The van der Waals surface area contributed by atoms with Gasteiger partial charge in [0.2, 0.25) is 5.91 Å². The topological polar surface area (TPSA) is 55.1 Å². The van der Waals surface area contributed by atoms with Crippen LogP contribution in [0.4, 0.5) is 5.69 Å². The molecule has 1 saturated carbocycles. The highest BCUT2D eigenvalue weighted by atomic mass is 16.2. The van der Waals surface area contributed by atoms with Crippen molar-refractivity contribution in [3.63, 3.8) is 0 Å². The monoisotopic (exact) mass is 266 g/mol. The second-order valence-electron chi connectivity index (χ2n) is 5.37. The molecular weight excluding hydrogens is 248 g/mol. The molecule has 0 saturated heterocycles. The van der Waals surface area contributed by atoms with Crippen LogP contribution in [0.1, 0.15) is 24.0 Å². The van der Waals surface area contributed by atoms with E-state index in [1.807, 2.05) is 54.6 Å². The Morgan fingerprint density at radius 3 is 2.30 bits per heavy atom. The highest BCUT2D eigenvalue weighted by molar-refractivity contribution is 5.91. The van der Waals surface area contributed by atoms with E-state index in [9.17, 15) is 4.79 Å². The molecule has 0 aliphatic heterocycles. The van der Waals surface area contributed by atoms with Gasteiger partial charge in [-0.15, -0.1) is 0 Å². The van der Waals surface area contributed by atoms with Crippen molar-refractivity contribution in [2.45, 2.75) is 24.8 Å². The molecule has 3 rings (SSSR count). The average molecular weight is 266 g/mol. The van der Waals surface area contributed by atoms with Gasteiger partial charge in [0.05, 0.1) is 5.41 Å². The zero-order valence-electron chi connectivity index (χ0n) is 11.3. The highest BCUT2D eigenvalue weighted by Crippen LogP contribution is 2.48. The van der Waals surface area contributed by atoms with Crippen molar-refractivity contribution in [3.05, 3.63) is 65.7 Å². The lowest BCUT2D eigenvalue weighted by atomic mass is 9.94. The first-order valence-corrected chi connectivity index (χ1v) is 6.89. The Bertz CT molecular complexity index is 601. The molecule has 1 aliphatic carbocycles. The van der Waals surface area contributed by atoms with Gasteiger partial charge >= 0.3 is 0 Å². The summed E-state index contributed by atoms with van der Waals surface area (Å²) in [6.07, 6.45) is 1.83. The lowest BCUT2D eigenvalue weighted by Gasteiger charge is -2.16. The molecular formula is C17H18N2O. The molecule has 0 aromatic heterocycles. The Labute approximate surface area is 118 Å². The maximum absolute atomic E-state index is 12.4. The molecule has 2 aromatic carbocycles. The van der Waals surface area contributed by atoms with E-state index in [2.05, 4.69) is 5.32 Å². The van der Waals surface area contributed by atoms with Gasteiger partial charge in [-0.2, -0.15) is 0 Å². The predicted molar refractivity (Wildman–Crippen MR) is 80.1 cm³/mol. The van der Waals surface area contributed by atoms with E-state index in [4.69, 9.17) is 5.73 Å². The molecule has 3 N–H and O–H groups in total. The number of carbonyl (C=O) groups is 1. The average Bonchev–Trinajstić information content (AvgIpc) is 3.28. The fraction of sp³-hybridized carbons (Fsp3) is 0.235. The molecule has 3 nitrogen and oxygen atoms in total. The third kappa shape index (κ3) is 2.39. The van der Waals surface area contributed by atoms with Gasteiger partial charge in [-0.05, 0) is 36.1 Å². The van der Waals surface area contributed by atoms with Crippen LogP contribution in [0.2, 0.25) is 0 Å². The van der Waals surface area contributed by atoms with Crippen molar-refractivity contribution < 1.29 is 4.79 Å². The van der Waals surface area contributed by atoms with Gasteiger partial charge in [0.25, 0.3) is 0 Å². The minimum Gasteiger partial charge on any atom is -0.399 e. The van der Waals surface area contributed by atoms with Crippen LogP contribution < -0.4 is 11.1 Å². The minimum atomic E-state index is -0.331.